The Morgan fingerprint density at radius 3 is 2.62 bits per heavy atom. The molecule has 78 valence electrons. The molecule has 0 aromatic rings. The van der Waals surface area contributed by atoms with Gasteiger partial charge in [-0.15, -0.1) is 0 Å². The summed E-state index contributed by atoms with van der Waals surface area (Å²) in [5.74, 6) is 0. The highest BCUT2D eigenvalue weighted by molar-refractivity contribution is 4.71. The Labute approximate surface area is 81.4 Å². The highest BCUT2D eigenvalue weighted by atomic mass is 16.5. The maximum atomic E-state index is 5.33. The van der Waals surface area contributed by atoms with E-state index >= 15 is 0 Å². The van der Waals surface area contributed by atoms with E-state index in [1.54, 1.807) is 0 Å². The number of piperidine rings is 1. The fourth-order valence-corrected chi connectivity index (χ4v) is 1.85. The minimum Gasteiger partial charge on any atom is -0.381 e. The lowest BCUT2D eigenvalue weighted by atomic mass is 10.1. The van der Waals surface area contributed by atoms with Crippen molar-refractivity contribution >= 4 is 0 Å². The number of nitrogens with one attached hydrogen (secondary N) is 1. The van der Waals surface area contributed by atoms with E-state index in [1.165, 1.54) is 38.9 Å². The summed E-state index contributed by atoms with van der Waals surface area (Å²) >= 11 is 0. The summed E-state index contributed by atoms with van der Waals surface area (Å²) in [5.41, 5.74) is 0. The first kappa shape index (κ1) is 11.0. The molecule has 3 heteroatoms. The molecule has 0 aromatic carbocycles. The second-order valence-electron chi connectivity index (χ2n) is 3.73. The second kappa shape index (κ2) is 6.35. The van der Waals surface area contributed by atoms with Gasteiger partial charge in [-0.3, -0.25) is 0 Å². The van der Waals surface area contributed by atoms with Crippen LogP contribution in [0.2, 0.25) is 0 Å². The topological polar surface area (TPSA) is 24.5 Å². The Balaban J connectivity index is 2.03. The lowest BCUT2D eigenvalue weighted by molar-refractivity contribution is 0.0409. The number of rotatable bonds is 5. The van der Waals surface area contributed by atoms with Gasteiger partial charge in [-0.25, -0.2) is 0 Å². The maximum Gasteiger partial charge on any atom is 0.0595 e. The highest BCUT2D eigenvalue weighted by Crippen LogP contribution is 2.12. The zero-order chi connectivity index (χ0) is 9.52. The van der Waals surface area contributed by atoms with Crippen molar-refractivity contribution in [3.63, 3.8) is 0 Å². The number of hydrogen-bond donors (Lipinski definition) is 1. The van der Waals surface area contributed by atoms with Crippen molar-refractivity contribution < 1.29 is 4.74 Å². The van der Waals surface area contributed by atoms with Crippen LogP contribution in [0.1, 0.15) is 19.3 Å². The summed E-state index contributed by atoms with van der Waals surface area (Å²) in [5, 5.41) is 3.18. The Bertz CT molecular complexity index is 119. The van der Waals surface area contributed by atoms with Crippen molar-refractivity contribution in [2.75, 3.05) is 40.3 Å². The molecule has 0 bridgehead atoms. The zero-order valence-electron chi connectivity index (χ0n) is 8.88. The predicted molar refractivity (Wildman–Crippen MR) is 55.0 cm³/mol. The van der Waals surface area contributed by atoms with E-state index in [1.807, 2.05) is 14.2 Å². The molecule has 1 aliphatic rings. The van der Waals surface area contributed by atoms with E-state index in [-0.39, 0.29) is 0 Å². The van der Waals surface area contributed by atoms with E-state index in [2.05, 4.69) is 10.2 Å². The zero-order valence-corrected chi connectivity index (χ0v) is 8.88. The molecular weight excluding hydrogens is 164 g/mol. The SMILES string of the molecule is CNCCCN1CCC(OC)CC1. The van der Waals surface area contributed by atoms with E-state index in [0.717, 1.165) is 6.54 Å². The van der Waals surface area contributed by atoms with Crippen LogP contribution in [0.5, 0.6) is 0 Å². The third kappa shape index (κ3) is 4.07. The summed E-state index contributed by atoms with van der Waals surface area (Å²) in [7, 11) is 3.83. The van der Waals surface area contributed by atoms with Crippen molar-refractivity contribution in [2.24, 2.45) is 0 Å². The van der Waals surface area contributed by atoms with Crippen molar-refractivity contribution in [2.45, 2.75) is 25.4 Å². The molecule has 1 rings (SSSR count). The van der Waals surface area contributed by atoms with E-state index in [0.29, 0.717) is 6.10 Å². The lowest BCUT2D eigenvalue weighted by Crippen LogP contribution is -2.37. The van der Waals surface area contributed by atoms with Gasteiger partial charge in [0.25, 0.3) is 0 Å². The predicted octanol–water partition coefficient (Wildman–Crippen LogP) is 0.707. The molecular formula is C10H22N2O. The highest BCUT2D eigenvalue weighted by Gasteiger charge is 2.17. The molecule has 1 N–H and O–H groups in total. The molecule has 1 saturated heterocycles. The third-order valence-corrected chi connectivity index (χ3v) is 2.77. The van der Waals surface area contributed by atoms with Crippen LogP contribution in [-0.2, 0) is 4.74 Å². The smallest absolute Gasteiger partial charge is 0.0595 e. The number of ether oxygens (including phenoxy) is 1. The average molecular weight is 186 g/mol. The molecule has 0 amide bonds. The van der Waals surface area contributed by atoms with Gasteiger partial charge in [0.2, 0.25) is 0 Å². The molecule has 0 aliphatic carbocycles. The minimum atomic E-state index is 0.514. The van der Waals surface area contributed by atoms with Crippen molar-refractivity contribution in [3.05, 3.63) is 0 Å². The monoisotopic (exact) mass is 186 g/mol. The summed E-state index contributed by atoms with van der Waals surface area (Å²) in [6.45, 7) is 4.78. The van der Waals surface area contributed by atoms with E-state index < -0.39 is 0 Å². The molecule has 3 nitrogen and oxygen atoms in total. The maximum absolute atomic E-state index is 5.33. The molecule has 1 heterocycles. The van der Waals surface area contributed by atoms with Gasteiger partial charge in [-0.1, -0.05) is 0 Å². The molecule has 0 radical (unpaired) electrons. The molecule has 0 unspecified atom stereocenters. The van der Waals surface area contributed by atoms with Gasteiger partial charge < -0.3 is 15.0 Å². The van der Waals surface area contributed by atoms with Crippen LogP contribution in [0.15, 0.2) is 0 Å². The molecule has 13 heavy (non-hydrogen) atoms. The van der Waals surface area contributed by atoms with Gasteiger partial charge in [-0.05, 0) is 39.4 Å². The number of nitrogens with zero attached hydrogens (tertiary/aromatic N) is 1. The summed E-state index contributed by atoms with van der Waals surface area (Å²) in [6.07, 6.45) is 4.18. The van der Waals surface area contributed by atoms with E-state index in [4.69, 9.17) is 4.74 Å². The standard InChI is InChI=1S/C10H22N2O/c1-11-6-3-7-12-8-4-10(13-2)5-9-12/h10-11H,3-9H2,1-2H3. The van der Waals surface area contributed by atoms with Crippen LogP contribution < -0.4 is 5.32 Å². The third-order valence-electron chi connectivity index (χ3n) is 2.77. The van der Waals surface area contributed by atoms with Gasteiger partial charge in [0.05, 0.1) is 6.10 Å². The first-order valence-corrected chi connectivity index (χ1v) is 5.26. The molecule has 0 atom stereocenters. The molecule has 0 saturated carbocycles. The lowest BCUT2D eigenvalue weighted by Gasteiger charge is -2.31. The average Bonchev–Trinajstić information content (AvgIpc) is 2.19. The Hall–Kier alpha value is -0.120. The van der Waals surface area contributed by atoms with E-state index in [9.17, 15) is 0 Å². The first-order chi connectivity index (χ1) is 6.36. The quantitative estimate of drug-likeness (QED) is 0.640. The minimum absolute atomic E-state index is 0.514. The van der Waals surface area contributed by atoms with Gasteiger partial charge in [0, 0.05) is 20.2 Å². The Kier molecular flexibility index (Phi) is 5.35. The molecule has 0 spiro atoms. The summed E-state index contributed by atoms with van der Waals surface area (Å²) in [4.78, 5) is 2.53. The Morgan fingerprint density at radius 2 is 2.08 bits per heavy atom. The van der Waals surface area contributed by atoms with Gasteiger partial charge in [0.1, 0.15) is 0 Å². The summed E-state index contributed by atoms with van der Waals surface area (Å²) < 4.78 is 5.33. The van der Waals surface area contributed by atoms with Crippen LogP contribution in [0, 0.1) is 0 Å². The van der Waals surface area contributed by atoms with Crippen LogP contribution in [0.4, 0.5) is 0 Å². The van der Waals surface area contributed by atoms with Gasteiger partial charge in [-0.2, -0.15) is 0 Å². The van der Waals surface area contributed by atoms with Crippen LogP contribution in [0.3, 0.4) is 0 Å². The van der Waals surface area contributed by atoms with Crippen molar-refractivity contribution in [1.82, 2.24) is 10.2 Å². The molecule has 0 aromatic heterocycles. The first-order valence-electron chi connectivity index (χ1n) is 5.26. The van der Waals surface area contributed by atoms with Crippen molar-refractivity contribution in [3.8, 4) is 0 Å². The molecule has 1 aliphatic heterocycles. The van der Waals surface area contributed by atoms with Crippen LogP contribution in [-0.4, -0.2) is 51.3 Å². The number of likely N-dealkylation sites (tertiary alicyclic amines) is 1. The Morgan fingerprint density at radius 1 is 1.38 bits per heavy atom. The fraction of sp³-hybridized carbons (Fsp3) is 1.00. The largest absolute Gasteiger partial charge is 0.381 e. The van der Waals surface area contributed by atoms with Crippen LogP contribution in [0.25, 0.3) is 0 Å². The number of hydrogen-bond acceptors (Lipinski definition) is 3. The number of methoxy groups -OCH3 is 1. The fourth-order valence-electron chi connectivity index (χ4n) is 1.85. The normalized spacial score (nSPS) is 20.8. The van der Waals surface area contributed by atoms with Crippen molar-refractivity contribution in [1.29, 1.82) is 0 Å². The van der Waals surface area contributed by atoms with Gasteiger partial charge >= 0.3 is 0 Å². The molecule has 1 fully saturated rings. The van der Waals surface area contributed by atoms with Crippen LogP contribution >= 0.6 is 0 Å². The van der Waals surface area contributed by atoms with Gasteiger partial charge in [0.15, 0.2) is 0 Å². The second-order valence-corrected chi connectivity index (χ2v) is 3.73. The summed E-state index contributed by atoms with van der Waals surface area (Å²) in [6, 6.07) is 0.